The Hall–Kier alpha value is -1.31. The molecule has 3 rings (SSSR count). The Morgan fingerprint density at radius 2 is 2.00 bits per heavy atom. The van der Waals surface area contributed by atoms with Gasteiger partial charge in [-0.3, -0.25) is 4.68 Å². The summed E-state index contributed by atoms with van der Waals surface area (Å²) in [7, 11) is 0. The van der Waals surface area contributed by atoms with Crippen molar-refractivity contribution in [1.82, 2.24) is 9.78 Å². The van der Waals surface area contributed by atoms with Crippen LogP contribution in [0, 0.1) is 0 Å². The minimum absolute atomic E-state index is 0.702. The van der Waals surface area contributed by atoms with Gasteiger partial charge in [-0.15, -0.1) is 0 Å². The van der Waals surface area contributed by atoms with E-state index in [1.54, 1.807) is 0 Å². The molecule has 1 aromatic carbocycles. The summed E-state index contributed by atoms with van der Waals surface area (Å²) in [5.74, 6) is 0.702. The van der Waals surface area contributed by atoms with Crippen LogP contribution in [-0.4, -0.2) is 9.78 Å². The van der Waals surface area contributed by atoms with Crippen molar-refractivity contribution in [3.05, 3.63) is 29.5 Å². The van der Waals surface area contributed by atoms with Crippen LogP contribution in [0.25, 0.3) is 10.9 Å². The van der Waals surface area contributed by atoms with Crippen LogP contribution in [0.1, 0.15) is 56.7 Å². The van der Waals surface area contributed by atoms with Crippen LogP contribution in [0.2, 0.25) is 0 Å². The molecule has 0 saturated heterocycles. The van der Waals surface area contributed by atoms with Crippen molar-refractivity contribution in [2.24, 2.45) is 0 Å². The normalized spacial score (nSPS) is 16.8. The van der Waals surface area contributed by atoms with Gasteiger partial charge in [-0.25, -0.2) is 0 Å². The van der Waals surface area contributed by atoms with E-state index in [2.05, 4.69) is 36.7 Å². The van der Waals surface area contributed by atoms with Crippen LogP contribution in [0.5, 0.6) is 0 Å². The first-order chi connectivity index (χ1) is 8.83. The standard InChI is InChI=1S/C16H22N2/c1-3-12-9-10-14-15(11-12)18(4-2)17-16(14)13-7-5-6-8-13/h9-11,13H,3-8H2,1-2H3. The van der Waals surface area contributed by atoms with E-state index in [0.717, 1.165) is 13.0 Å². The van der Waals surface area contributed by atoms with Gasteiger partial charge in [0.15, 0.2) is 0 Å². The van der Waals surface area contributed by atoms with E-state index >= 15 is 0 Å². The second-order valence-electron chi connectivity index (χ2n) is 5.39. The summed E-state index contributed by atoms with van der Waals surface area (Å²) in [6.45, 7) is 5.37. The molecule has 0 unspecified atom stereocenters. The molecular formula is C16H22N2. The first-order valence-electron chi connectivity index (χ1n) is 7.32. The average Bonchev–Trinajstić information content (AvgIpc) is 3.04. The molecule has 0 aliphatic heterocycles. The summed E-state index contributed by atoms with van der Waals surface area (Å²) in [4.78, 5) is 0. The van der Waals surface area contributed by atoms with Crippen LogP contribution in [-0.2, 0) is 13.0 Å². The molecule has 1 saturated carbocycles. The molecule has 1 heterocycles. The number of fused-ring (bicyclic) bond motifs is 1. The maximum atomic E-state index is 4.88. The summed E-state index contributed by atoms with van der Waals surface area (Å²) in [5, 5.41) is 6.27. The lowest BCUT2D eigenvalue weighted by Crippen LogP contribution is -1.99. The molecular weight excluding hydrogens is 220 g/mol. The lowest BCUT2D eigenvalue weighted by Gasteiger charge is -2.05. The van der Waals surface area contributed by atoms with Gasteiger partial charge >= 0.3 is 0 Å². The average molecular weight is 242 g/mol. The highest BCUT2D eigenvalue weighted by Crippen LogP contribution is 2.37. The molecule has 0 amide bonds. The van der Waals surface area contributed by atoms with Gasteiger partial charge in [-0.05, 0) is 37.8 Å². The lowest BCUT2D eigenvalue weighted by molar-refractivity contribution is 0.627. The first-order valence-corrected chi connectivity index (χ1v) is 7.32. The molecule has 1 aliphatic carbocycles. The van der Waals surface area contributed by atoms with Crippen LogP contribution in [0.4, 0.5) is 0 Å². The Morgan fingerprint density at radius 1 is 1.22 bits per heavy atom. The number of aromatic nitrogens is 2. The number of aryl methyl sites for hydroxylation is 2. The second kappa shape index (κ2) is 4.75. The molecule has 0 atom stereocenters. The smallest absolute Gasteiger partial charge is 0.0734 e. The Kier molecular flexibility index (Phi) is 3.11. The highest BCUT2D eigenvalue weighted by Gasteiger charge is 2.22. The van der Waals surface area contributed by atoms with Crippen LogP contribution in [0.15, 0.2) is 18.2 Å². The molecule has 0 N–H and O–H groups in total. The van der Waals surface area contributed by atoms with Crippen LogP contribution >= 0.6 is 0 Å². The predicted octanol–water partition coefficient (Wildman–Crippen LogP) is 4.28. The number of rotatable bonds is 3. The molecule has 2 aromatic rings. The third-order valence-electron chi connectivity index (χ3n) is 4.29. The van der Waals surface area contributed by atoms with E-state index in [-0.39, 0.29) is 0 Å². The fourth-order valence-corrected chi connectivity index (χ4v) is 3.21. The Bertz CT molecular complexity index is 547. The molecule has 96 valence electrons. The van der Waals surface area contributed by atoms with E-state index in [1.807, 2.05) is 0 Å². The minimum atomic E-state index is 0.702. The van der Waals surface area contributed by atoms with E-state index in [9.17, 15) is 0 Å². The van der Waals surface area contributed by atoms with Crippen molar-refractivity contribution in [2.45, 2.75) is 58.4 Å². The number of hydrogen-bond acceptors (Lipinski definition) is 1. The van der Waals surface area contributed by atoms with Gasteiger partial charge in [0.2, 0.25) is 0 Å². The van der Waals surface area contributed by atoms with E-state index < -0.39 is 0 Å². The third kappa shape index (κ3) is 1.84. The maximum absolute atomic E-state index is 4.88. The van der Waals surface area contributed by atoms with Gasteiger partial charge in [0, 0.05) is 17.8 Å². The van der Waals surface area contributed by atoms with Gasteiger partial charge in [-0.2, -0.15) is 5.10 Å². The Morgan fingerprint density at radius 3 is 2.67 bits per heavy atom. The van der Waals surface area contributed by atoms with Crippen molar-refractivity contribution < 1.29 is 0 Å². The largest absolute Gasteiger partial charge is 0.265 e. The van der Waals surface area contributed by atoms with Crippen molar-refractivity contribution in [3.8, 4) is 0 Å². The molecule has 1 fully saturated rings. The molecule has 1 aromatic heterocycles. The highest BCUT2D eigenvalue weighted by atomic mass is 15.3. The van der Waals surface area contributed by atoms with E-state index in [4.69, 9.17) is 5.10 Å². The molecule has 1 aliphatic rings. The van der Waals surface area contributed by atoms with Gasteiger partial charge in [0.05, 0.1) is 11.2 Å². The van der Waals surface area contributed by atoms with Gasteiger partial charge in [0.1, 0.15) is 0 Å². The van der Waals surface area contributed by atoms with Crippen molar-refractivity contribution in [3.63, 3.8) is 0 Å². The summed E-state index contributed by atoms with van der Waals surface area (Å²) < 4.78 is 2.18. The summed E-state index contributed by atoms with van der Waals surface area (Å²) >= 11 is 0. The molecule has 0 bridgehead atoms. The SMILES string of the molecule is CCc1ccc2c(C3CCCC3)nn(CC)c2c1. The zero-order valence-electron chi connectivity index (χ0n) is 11.4. The predicted molar refractivity (Wildman–Crippen MR) is 76.0 cm³/mol. The third-order valence-corrected chi connectivity index (χ3v) is 4.29. The van der Waals surface area contributed by atoms with E-state index in [0.29, 0.717) is 5.92 Å². The summed E-state index contributed by atoms with van der Waals surface area (Å²) in [6.07, 6.45) is 6.50. The molecule has 2 heteroatoms. The fraction of sp³-hybridized carbons (Fsp3) is 0.562. The lowest BCUT2D eigenvalue weighted by atomic mass is 9.99. The van der Waals surface area contributed by atoms with Gasteiger partial charge in [0.25, 0.3) is 0 Å². The summed E-state index contributed by atoms with van der Waals surface area (Å²) in [6, 6.07) is 6.88. The topological polar surface area (TPSA) is 17.8 Å². The zero-order chi connectivity index (χ0) is 12.5. The van der Waals surface area contributed by atoms with Crippen molar-refractivity contribution in [2.75, 3.05) is 0 Å². The summed E-state index contributed by atoms with van der Waals surface area (Å²) in [5.41, 5.74) is 4.10. The number of benzene rings is 1. The van der Waals surface area contributed by atoms with Crippen molar-refractivity contribution >= 4 is 10.9 Å². The zero-order valence-corrected chi connectivity index (χ0v) is 11.4. The number of hydrogen-bond donors (Lipinski definition) is 0. The second-order valence-corrected chi connectivity index (χ2v) is 5.39. The quantitative estimate of drug-likeness (QED) is 0.785. The molecule has 0 radical (unpaired) electrons. The van der Waals surface area contributed by atoms with Gasteiger partial charge < -0.3 is 0 Å². The Balaban J connectivity index is 2.14. The Labute approximate surface area is 109 Å². The highest BCUT2D eigenvalue weighted by molar-refractivity contribution is 5.83. The first kappa shape index (κ1) is 11.8. The number of nitrogens with zero attached hydrogens (tertiary/aromatic N) is 2. The monoisotopic (exact) mass is 242 g/mol. The minimum Gasteiger partial charge on any atom is -0.265 e. The maximum Gasteiger partial charge on any atom is 0.0734 e. The van der Waals surface area contributed by atoms with Crippen molar-refractivity contribution in [1.29, 1.82) is 0 Å². The van der Waals surface area contributed by atoms with Gasteiger partial charge in [-0.1, -0.05) is 31.9 Å². The van der Waals surface area contributed by atoms with Crippen LogP contribution in [0.3, 0.4) is 0 Å². The molecule has 18 heavy (non-hydrogen) atoms. The fourth-order valence-electron chi connectivity index (χ4n) is 3.21. The molecule has 0 spiro atoms. The van der Waals surface area contributed by atoms with Crippen LogP contribution < -0.4 is 0 Å². The molecule has 2 nitrogen and oxygen atoms in total. The van der Waals surface area contributed by atoms with E-state index in [1.165, 1.54) is 47.8 Å².